The van der Waals surface area contributed by atoms with Crippen LogP contribution in [0.1, 0.15) is 17.6 Å². The van der Waals surface area contributed by atoms with Crippen molar-refractivity contribution < 1.29 is 18.6 Å². The standard InChI is InChI=1S/C9H10F2O2/c1-13-8-4-2-3-6(9(10)11)7(8)5-12/h2-4,9,12H,5H2,1H3. The second-order valence-electron chi connectivity index (χ2n) is 2.49. The maximum Gasteiger partial charge on any atom is 0.264 e. The Bertz CT molecular complexity index is 287. The summed E-state index contributed by atoms with van der Waals surface area (Å²) in [7, 11) is 1.38. The van der Waals surface area contributed by atoms with Gasteiger partial charge in [-0.3, -0.25) is 0 Å². The summed E-state index contributed by atoms with van der Waals surface area (Å²) >= 11 is 0. The topological polar surface area (TPSA) is 29.5 Å². The minimum Gasteiger partial charge on any atom is -0.496 e. The fraction of sp³-hybridized carbons (Fsp3) is 0.333. The monoisotopic (exact) mass is 188 g/mol. The van der Waals surface area contributed by atoms with Crippen LogP contribution in [-0.2, 0) is 6.61 Å². The molecule has 4 heteroatoms. The van der Waals surface area contributed by atoms with E-state index in [1.165, 1.54) is 25.3 Å². The minimum atomic E-state index is -2.59. The lowest BCUT2D eigenvalue weighted by atomic mass is 10.1. The summed E-state index contributed by atoms with van der Waals surface area (Å²) in [6, 6.07) is 4.29. The van der Waals surface area contributed by atoms with Crippen molar-refractivity contribution >= 4 is 0 Å². The number of halogens is 2. The van der Waals surface area contributed by atoms with Gasteiger partial charge in [0, 0.05) is 11.1 Å². The molecule has 0 aliphatic rings. The Labute approximate surface area is 74.8 Å². The Hall–Kier alpha value is -1.16. The van der Waals surface area contributed by atoms with Crippen LogP contribution in [-0.4, -0.2) is 12.2 Å². The molecular weight excluding hydrogens is 178 g/mol. The summed E-state index contributed by atoms with van der Waals surface area (Å²) in [6.07, 6.45) is -2.59. The number of ether oxygens (including phenoxy) is 1. The predicted molar refractivity (Wildman–Crippen MR) is 43.9 cm³/mol. The molecule has 0 saturated heterocycles. The predicted octanol–water partition coefficient (Wildman–Crippen LogP) is 2.13. The van der Waals surface area contributed by atoms with Crippen LogP contribution < -0.4 is 4.74 Å². The van der Waals surface area contributed by atoms with E-state index in [2.05, 4.69) is 0 Å². The van der Waals surface area contributed by atoms with Gasteiger partial charge in [0.2, 0.25) is 0 Å². The van der Waals surface area contributed by atoms with Crippen LogP contribution >= 0.6 is 0 Å². The van der Waals surface area contributed by atoms with E-state index in [4.69, 9.17) is 9.84 Å². The van der Waals surface area contributed by atoms with Crippen LogP contribution in [0.2, 0.25) is 0 Å². The molecule has 1 aromatic rings. The average Bonchev–Trinajstić information content (AvgIpc) is 2.16. The fourth-order valence-corrected chi connectivity index (χ4v) is 1.15. The molecule has 0 fully saturated rings. The molecule has 13 heavy (non-hydrogen) atoms. The first kappa shape index (κ1) is 9.92. The van der Waals surface area contributed by atoms with Crippen molar-refractivity contribution in [3.8, 4) is 5.75 Å². The Morgan fingerprint density at radius 2 is 2.15 bits per heavy atom. The largest absolute Gasteiger partial charge is 0.496 e. The van der Waals surface area contributed by atoms with Crippen LogP contribution in [0.4, 0.5) is 8.78 Å². The van der Waals surface area contributed by atoms with E-state index in [9.17, 15) is 8.78 Å². The van der Waals surface area contributed by atoms with Crippen molar-refractivity contribution in [1.29, 1.82) is 0 Å². The quantitative estimate of drug-likeness (QED) is 0.787. The molecule has 0 aliphatic heterocycles. The molecule has 0 atom stereocenters. The van der Waals surface area contributed by atoms with Crippen molar-refractivity contribution in [2.24, 2.45) is 0 Å². The Kier molecular flexibility index (Phi) is 3.19. The lowest BCUT2D eigenvalue weighted by Gasteiger charge is -2.10. The van der Waals surface area contributed by atoms with Crippen LogP contribution in [0.5, 0.6) is 5.75 Å². The van der Waals surface area contributed by atoms with Crippen molar-refractivity contribution in [3.63, 3.8) is 0 Å². The molecule has 1 N–H and O–H groups in total. The molecule has 0 amide bonds. The van der Waals surface area contributed by atoms with Gasteiger partial charge in [0.15, 0.2) is 0 Å². The van der Waals surface area contributed by atoms with Crippen molar-refractivity contribution in [2.45, 2.75) is 13.0 Å². The molecular formula is C9H10F2O2. The normalized spacial score (nSPS) is 10.5. The van der Waals surface area contributed by atoms with Crippen molar-refractivity contribution in [3.05, 3.63) is 29.3 Å². The highest BCUT2D eigenvalue weighted by atomic mass is 19.3. The Balaban J connectivity index is 3.19. The third kappa shape index (κ3) is 1.95. The summed E-state index contributed by atoms with van der Waals surface area (Å²) in [5, 5.41) is 8.87. The lowest BCUT2D eigenvalue weighted by molar-refractivity contribution is 0.146. The molecule has 0 heterocycles. The minimum absolute atomic E-state index is 0.153. The number of hydrogen-bond acceptors (Lipinski definition) is 2. The molecule has 72 valence electrons. The summed E-state index contributed by atoms with van der Waals surface area (Å²) < 4.78 is 29.6. The van der Waals surface area contributed by atoms with Gasteiger partial charge in [-0.25, -0.2) is 8.78 Å². The third-order valence-electron chi connectivity index (χ3n) is 1.78. The molecule has 2 nitrogen and oxygen atoms in total. The Morgan fingerprint density at radius 1 is 1.46 bits per heavy atom. The van der Waals surface area contributed by atoms with Crippen LogP contribution in [0.25, 0.3) is 0 Å². The molecule has 0 radical (unpaired) electrons. The van der Waals surface area contributed by atoms with Crippen molar-refractivity contribution in [2.75, 3.05) is 7.11 Å². The van der Waals surface area contributed by atoms with Gasteiger partial charge in [-0.15, -0.1) is 0 Å². The van der Waals surface area contributed by atoms with E-state index < -0.39 is 13.0 Å². The van der Waals surface area contributed by atoms with Gasteiger partial charge in [-0.05, 0) is 6.07 Å². The second-order valence-corrected chi connectivity index (χ2v) is 2.49. The SMILES string of the molecule is COc1cccc(C(F)F)c1CO. The van der Waals surface area contributed by atoms with E-state index in [1.54, 1.807) is 0 Å². The molecule has 0 aliphatic carbocycles. The van der Waals surface area contributed by atoms with E-state index in [0.29, 0.717) is 5.75 Å². The van der Waals surface area contributed by atoms with E-state index in [0.717, 1.165) is 0 Å². The van der Waals surface area contributed by atoms with Gasteiger partial charge in [-0.2, -0.15) is 0 Å². The van der Waals surface area contributed by atoms with Gasteiger partial charge < -0.3 is 9.84 Å². The maximum atomic E-state index is 12.4. The molecule has 0 unspecified atom stereocenters. The highest BCUT2D eigenvalue weighted by molar-refractivity contribution is 5.40. The number of methoxy groups -OCH3 is 1. The van der Waals surface area contributed by atoms with Gasteiger partial charge in [-0.1, -0.05) is 12.1 Å². The first-order valence-electron chi connectivity index (χ1n) is 3.75. The molecule has 1 rings (SSSR count). The number of aliphatic hydroxyl groups is 1. The molecule has 1 aromatic carbocycles. The highest BCUT2D eigenvalue weighted by Crippen LogP contribution is 2.29. The Morgan fingerprint density at radius 3 is 2.62 bits per heavy atom. The third-order valence-corrected chi connectivity index (χ3v) is 1.78. The van der Waals surface area contributed by atoms with Crippen LogP contribution in [0.3, 0.4) is 0 Å². The summed E-state index contributed by atoms with van der Waals surface area (Å²) in [5.41, 5.74) is -0.0261. The fourth-order valence-electron chi connectivity index (χ4n) is 1.15. The number of benzene rings is 1. The van der Waals surface area contributed by atoms with Gasteiger partial charge in [0.05, 0.1) is 13.7 Å². The van der Waals surface area contributed by atoms with Crippen LogP contribution in [0, 0.1) is 0 Å². The molecule has 0 spiro atoms. The van der Waals surface area contributed by atoms with E-state index in [1.807, 2.05) is 0 Å². The summed E-state index contributed by atoms with van der Waals surface area (Å²) in [6.45, 7) is -0.441. The zero-order valence-electron chi connectivity index (χ0n) is 7.13. The first-order chi connectivity index (χ1) is 6.20. The zero-order valence-corrected chi connectivity index (χ0v) is 7.13. The zero-order chi connectivity index (χ0) is 9.84. The summed E-state index contributed by atoms with van der Waals surface area (Å²) in [5.74, 6) is 0.292. The number of hydrogen-bond donors (Lipinski definition) is 1. The van der Waals surface area contributed by atoms with Crippen molar-refractivity contribution in [1.82, 2.24) is 0 Å². The van der Waals surface area contributed by atoms with Gasteiger partial charge >= 0.3 is 0 Å². The van der Waals surface area contributed by atoms with Gasteiger partial charge in [0.1, 0.15) is 5.75 Å². The molecule has 0 aromatic heterocycles. The van der Waals surface area contributed by atoms with Gasteiger partial charge in [0.25, 0.3) is 6.43 Å². The number of aliphatic hydroxyl groups excluding tert-OH is 1. The first-order valence-corrected chi connectivity index (χ1v) is 3.75. The number of alkyl halides is 2. The number of rotatable bonds is 3. The van der Waals surface area contributed by atoms with E-state index in [-0.39, 0.29) is 11.1 Å². The second kappa shape index (κ2) is 4.18. The lowest BCUT2D eigenvalue weighted by Crippen LogP contribution is -1.98. The maximum absolute atomic E-state index is 12.4. The summed E-state index contributed by atoms with van der Waals surface area (Å²) in [4.78, 5) is 0. The molecule has 0 saturated carbocycles. The van der Waals surface area contributed by atoms with E-state index >= 15 is 0 Å². The average molecular weight is 188 g/mol. The highest BCUT2D eigenvalue weighted by Gasteiger charge is 2.15. The molecule has 0 bridgehead atoms. The smallest absolute Gasteiger partial charge is 0.264 e. The van der Waals surface area contributed by atoms with Crippen LogP contribution in [0.15, 0.2) is 18.2 Å².